The van der Waals surface area contributed by atoms with Crippen molar-refractivity contribution >= 4 is 38.2 Å². The monoisotopic (exact) mass is 409 g/mol. The van der Waals surface area contributed by atoms with E-state index in [2.05, 4.69) is 15.9 Å². The van der Waals surface area contributed by atoms with E-state index < -0.39 is 17.2 Å². The van der Waals surface area contributed by atoms with Crippen LogP contribution in [0.15, 0.2) is 62.1 Å². The van der Waals surface area contributed by atoms with Gasteiger partial charge >= 0.3 is 0 Å². The first-order valence-corrected chi connectivity index (χ1v) is 8.47. The molecule has 1 atom stereocenters. The van der Waals surface area contributed by atoms with Crippen LogP contribution in [0.4, 0.5) is 5.69 Å². The summed E-state index contributed by atoms with van der Waals surface area (Å²) in [5, 5.41) is 9.94. The van der Waals surface area contributed by atoms with Gasteiger partial charge in [0.2, 0.25) is 0 Å². The second-order valence-corrected chi connectivity index (χ2v) is 6.73. The number of aromatic nitrogens is 2. The van der Waals surface area contributed by atoms with Crippen molar-refractivity contribution in [2.24, 2.45) is 5.73 Å². The summed E-state index contributed by atoms with van der Waals surface area (Å²) in [4.78, 5) is 26.2. The molecule has 0 amide bonds. The Bertz CT molecular complexity index is 1280. The molecule has 0 saturated carbocycles. The molecule has 128 valence electrons. The van der Waals surface area contributed by atoms with Gasteiger partial charge in [0.25, 0.3) is 11.1 Å². The van der Waals surface area contributed by atoms with Crippen molar-refractivity contribution < 1.29 is 0 Å². The number of fused-ring (bicyclic) bond motifs is 2. The first-order chi connectivity index (χ1) is 12.5. The van der Waals surface area contributed by atoms with Crippen molar-refractivity contribution in [2.75, 3.05) is 5.73 Å². The summed E-state index contributed by atoms with van der Waals surface area (Å²) in [7, 11) is 0. The normalized spacial score (nSPS) is 15.9. The van der Waals surface area contributed by atoms with E-state index in [1.54, 1.807) is 36.4 Å². The predicted octanol–water partition coefficient (Wildman–Crippen LogP) is 1.76. The molecule has 0 fully saturated rings. The van der Waals surface area contributed by atoms with Crippen LogP contribution in [-0.2, 0) is 0 Å². The summed E-state index contributed by atoms with van der Waals surface area (Å²) in [5.41, 5.74) is 12.0. The molecule has 1 aliphatic rings. The summed E-state index contributed by atoms with van der Waals surface area (Å²) in [6.45, 7) is 0. The van der Waals surface area contributed by atoms with Crippen LogP contribution >= 0.6 is 15.9 Å². The van der Waals surface area contributed by atoms with Gasteiger partial charge in [-0.1, -0.05) is 40.2 Å². The standard InChI is InChI=1S/C18H12BrN5O2/c19-12-6-2-1-4-9(12)15-11(8-20)16(22)24-18(26)14-10(17(25)23(15)24)5-3-7-13(14)21/h1-7,15H,21-22H2. The fraction of sp³-hybridized carbons (Fsp3) is 0.0556. The number of benzene rings is 2. The molecular weight excluding hydrogens is 398 g/mol. The molecule has 0 saturated heterocycles. The zero-order valence-electron chi connectivity index (χ0n) is 13.3. The smallest absolute Gasteiger partial charge is 0.281 e. The molecule has 0 radical (unpaired) electrons. The number of halogens is 1. The lowest BCUT2D eigenvalue weighted by Crippen LogP contribution is -2.38. The summed E-state index contributed by atoms with van der Waals surface area (Å²) >= 11 is 3.44. The van der Waals surface area contributed by atoms with Gasteiger partial charge in [-0.2, -0.15) is 9.94 Å². The van der Waals surface area contributed by atoms with Gasteiger partial charge < -0.3 is 11.5 Å². The van der Waals surface area contributed by atoms with Crippen molar-refractivity contribution in [3.05, 3.63) is 78.8 Å². The van der Waals surface area contributed by atoms with Crippen molar-refractivity contribution in [1.82, 2.24) is 9.36 Å². The van der Waals surface area contributed by atoms with E-state index in [1.165, 1.54) is 4.68 Å². The number of rotatable bonds is 1. The van der Waals surface area contributed by atoms with Crippen LogP contribution in [0.2, 0.25) is 0 Å². The molecular formula is C18H12BrN5O2. The Hall–Kier alpha value is -3.31. The van der Waals surface area contributed by atoms with Crippen LogP contribution in [0, 0.1) is 11.3 Å². The minimum absolute atomic E-state index is 0.0690. The third-order valence-corrected chi connectivity index (χ3v) is 5.22. The number of nitrogens with zero attached hydrogens (tertiary/aromatic N) is 3. The van der Waals surface area contributed by atoms with E-state index in [0.717, 1.165) is 4.68 Å². The maximum absolute atomic E-state index is 13.2. The highest BCUT2D eigenvalue weighted by atomic mass is 79.9. The molecule has 1 aromatic heterocycles. The number of nitrogen functional groups attached to an aromatic ring is 1. The molecule has 8 heteroatoms. The van der Waals surface area contributed by atoms with Crippen LogP contribution < -0.4 is 22.6 Å². The van der Waals surface area contributed by atoms with E-state index in [0.29, 0.717) is 10.0 Å². The quantitative estimate of drug-likeness (QED) is 0.593. The van der Waals surface area contributed by atoms with Gasteiger partial charge in [-0.25, -0.2) is 4.68 Å². The molecule has 2 aromatic carbocycles. The van der Waals surface area contributed by atoms with Crippen LogP contribution in [0.1, 0.15) is 11.6 Å². The largest absolute Gasteiger partial charge is 0.398 e. The molecule has 1 aliphatic heterocycles. The Balaban J connectivity index is 2.22. The topological polar surface area (TPSA) is 120 Å². The Labute approximate surface area is 155 Å². The van der Waals surface area contributed by atoms with Crippen molar-refractivity contribution in [1.29, 1.82) is 5.26 Å². The lowest BCUT2D eigenvalue weighted by Gasteiger charge is -2.18. The molecule has 26 heavy (non-hydrogen) atoms. The zero-order valence-corrected chi connectivity index (χ0v) is 14.9. The van der Waals surface area contributed by atoms with E-state index in [1.807, 2.05) is 12.1 Å². The van der Waals surface area contributed by atoms with Gasteiger partial charge in [0, 0.05) is 10.2 Å². The van der Waals surface area contributed by atoms with Crippen molar-refractivity contribution in [3.63, 3.8) is 0 Å². The number of nitrogens with two attached hydrogens (primary N) is 2. The first-order valence-electron chi connectivity index (χ1n) is 7.68. The van der Waals surface area contributed by atoms with Crippen molar-refractivity contribution in [3.8, 4) is 6.07 Å². The first kappa shape index (κ1) is 16.2. The van der Waals surface area contributed by atoms with Gasteiger partial charge in [0.1, 0.15) is 23.5 Å². The third kappa shape index (κ3) is 1.98. The Morgan fingerprint density at radius 3 is 2.46 bits per heavy atom. The van der Waals surface area contributed by atoms with Crippen molar-refractivity contribution in [2.45, 2.75) is 6.04 Å². The molecule has 0 bridgehead atoms. The van der Waals surface area contributed by atoms with Gasteiger partial charge in [0.15, 0.2) is 0 Å². The highest BCUT2D eigenvalue weighted by Gasteiger charge is 2.35. The average molecular weight is 410 g/mol. The molecule has 4 N–H and O–H groups in total. The van der Waals surface area contributed by atoms with Gasteiger partial charge in [0.05, 0.1) is 10.8 Å². The minimum atomic E-state index is -0.804. The summed E-state index contributed by atoms with van der Waals surface area (Å²) < 4.78 is 2.97. The van der Waals surface area contributed by atoms with Crippen LogP contribution in [-0.4, -0.2) is 9.36 Å². The van der Waals surface area contributed by atoms with Crippen LogP contribution in [0.25, 0.3) is 16.6 Å². The molecule has 0 aliphatic carbocycles. The molecule has 0 spiro atoms. The number of hydrogen-bond acceptors (Lipinski definition) is 5. The number of allylic oxidation sites excluding steroid dienone is 1. The molecule has 7 nitrogen and oxygen atoms in total. The summed E-state index contributed by atoms with van der Waals surface area (Å²) in [6, 6.07) is 13.1. The predicted molar refractivity (Wildman–Crippen MR) is 102 cm³/mol. The fourth-order valence-electron chi connectivity index (χ4n) is 3.34. The maximum atomic E-state index is 13.2. The minimum Gasteiger partial charge on any atom is -0.398 e. The molecule has 4 rings (SSSR count). The third-order valence-electron chi connectivity index (χ3n) is 4.50. The Morgan fingerprint density at radius 1 is 1.04 bits per heavy atom. The summed E-state index contributed by atoms with van der Waals surface area (Å²) in [6.07, 6.45) is 0. The zero-order chi connectivity index (χ0) is 18.6. The van der Waals surface area contributed by atoms with Gasteiger partial charge in [-0.05, 0) is 23.8 Å². The maximum Gasteiger partial charge on any atom is 0.281 e. The second-order valence-electron chi connectivity index (χ2n) is 5.87. The Kier molecular flexibility index (Phi) is 3.49. The van der Waals surface area contributed by atoms with E-state index in [-0.39, 0.29) is 27.9 Å². The fourth-order valence-corrected chi connectivity index (χ4v) is 3.84. The lowest BCUT2D eigenvalue weighted by atomic mass is 10.0. The van der Waals surface area contributed by atoms with Gasteiger partial charge in [-0.15, -0.1) is 0 Å². The van der Waals surface area contributed by atoms with Crippen LogP contribution in [0.5, 0.6) is 0 Å². The van der Waals surface area contributed by atoms with E-state index in [4.69, 9.17) is 11.5 Å². The highest BCUT2D eigenvalue weighted by Crippen LogP contribution is 2.36. The van der Waals surface area contributed by atoms with E-state index >= 15 is 0 Å². The summed E-state index contributed by atoms with van der Waals surface area (Å²) in [5.74, 6) is -0.0690. The molecule has 1 unspecified atom stereocenters. The number of hydrogen-bond donors (Lipinski definition) is 2. The van der Waals surface area contributed by atoms with E-state index in [9.17, 15) is 14.9 Å². The molecule has 3 aromatic rings. The second kappa shape index (κ2) is 5.61. The lowest BCUT2D eigenvalue weighted by molar-refractivity contribution is 0.538. The SMILES string of the molecule is N#CC1=C(N)n2c(=O)c3c(N)cccc3c(=O)n2C1c1ccccc1Br. The van der Waals surface area contributed by atoms with Crippen LogP contribution in [0.3, 0.4) is 0 Å². The highest BCUT2D eigenvalue weighted by molar-refractivity contribution is 9.10. The molecule has 2 heterocycles. The van der Waals surface area contributed by atoms with Gasteiger partial charge in [-0.3, -0.25) is 9.59 Å². The Morgan fingerprint density at radius 2 is 1.77 bits per heavy atom. The number of nitriles is 1. The average Bonchev–Trinajstić information content (AvgIpc) is 2.92. The number of anilines is 1.